The van der Waals surface area contributed by atoms with Crippen molar-refractivity contribution >= 4 is 21.6 Å². The Balaban J connectivity index is 2.25. The lowest BCUT2D eigenvalue weighted by Gasteiger charge is -2.28. The van der Waals surface area contributed by atoms with E-state index in [1.807, 2.05) is 12.3 Å². The third-order valence-electron chi connectivity index (χ3n) is 2.96. The van der Waals surface area contributed by atoms with Crippen molar-refractivity contribution in [2.24, 2.45) is 0 Å². The predicted molar refractivity (Wildman–Crippen MR) is 62.6 cm³/mol. The van der Waals surface area contributed by atoms with Gasteiger partial charge in [0.1, 0.15) is 4.60 Å². The van der Waals surface area contributed by atoms with Gasteiger partial charge in [-0.3, -0.25) is 0 Å². The first-order chi connectivity index (χ1) is 6.68. The van der Waals surface area contributed by atoms with Gasteiger partial charge < -0.3 is 4.90 Å². The maximum Gasteiger partial charge on any atom is 0.106 e. The van der Waals surface area contributed by atoms with Crippen molar-refractivity contribution < 1.29 is 0 Å². The van der Waals surface area contributed by atoms with Gasteiger partial charge in [0.15, 0.2) is 0 Å². The van der Waals surface area contributed by atoms with E-state index in [0.717, 1.165) is 4.60 Å². The van der Waals surface area contributed by atoms with E-state index in [-0.39, 0.29) is 0 Å². The summed E-state index contributed by atoms with van der Waals surface area (Å²) in [4.78, 5) is 6.73. The van der Waals surface area contributed by atoms with Gasteiger partial charge in [-0.25, -0.2) is 4.98 Å². The number of aromatic nitrogens is 1. The molecule has 0 aliphatic carbocycles. The fourth-order valence-corrected chi connectivity index (χ4v) is 2.46. The topological polar surface area (TPSA) is 16.1 Å². The van der Waals surface area contributed by atoms with Crippen molar-refractivity contribution in [2.75, 3.05) is 4.90 Å². The number of anilines is 1. The van der Waals surface area contributed by atoms with Crippen LogP contribution in [0.4, 0.5) is 5.69 Å². The Labute approximate surface area is 93.5 Å². The summed E-state index contributed by atoms with van der Waals surface area (Å²) in [6.45, 7) is 4.57. The van der Waals surface area contributed by atoms with Crippen LogP contribution in [-0.4, -0.2) is 17.1 Å². The normalized spacial score (nSPS) is 26.9. The molecule has 1 saturated heterocycles. The van der Waals surface area contributed by atoms with E-state index in [9.17, 15) is 0 Å². The van der Waals surface area contributed by atoms with Gasteiger partial charge in [-0.2, -0.15) is 0 Å². The fourth-order valence-electron chi connectivity index (χ4n) is 2.22. The van der Waals surface area contributed by atoms with Crippen LogP contribution in [0.3, 0.4) is 0 Å². The maximum absolute atomic E-state index is 4.27. The summed E-state index contributed by atoms with van der Waals surface area (Å²) >= 11 is 3.35. The second-order valence-corrected chi connectivity index (χ2v) is 4.83. The molecule has 0 amide bonds. The third kappa shape index (κ3) is 1.78. The smallest absolute Gasteiger partial charge is 0.106 e. The standard InChI is InChI=1S/C11H15BrN2/c1-8-3-4-9(2)14(8)10-5-6-11(12)13-7-10/h5-9H,3-4H2,1-2H3. The number of halogens is 1. The minimum Gasteiger partial charge on any atom is -0.365 e. The molecule has 1 aromatic heterocycles. The van der Waals surface area contributed by atoms with Gasteiger partial charge >= 0.3 is 0 Å². The predicted octanol–water partition coefficient (Wildman–Crippen LogP) is 3.22. The molecule has 2 atom stereocenters. The molecular formula is C11H15BrN2. The second-order valence-electron chi connectivity index (χ2n) is 4.02. The minimum atomic E-state index is 0.646. The zero-order chi connectivity index (χ0) is 10.1. The van der Waals surface area contributed by atoms with E-state index >= 15 is 0 Å². The van der Waals surface area contributed by atoms with E-state index in [1.165, 1.54) is 18.5 Å². The Morgan fingerprint density at radius 1 is 1.29 bits per heavy atom. The summed E-state index contributed by atoms with van der Waals surface area (Å²) < 4.78 is 0.903. The van der Waals surface area contributed by atoms with Crippen molar-refractivity contribution in [1.29, 1.82) is 0 Å². The van der Waals surface area contributed by atoms with Crippen molar-refractivity contribution in [3.05, 3.63) is 22.9 Å². The number of hydrogen-bond donors (Lipinski definition) is 0. The largest absolute Gasteiger partial charge is 0.365 e. The molecule has 2 heterocycles. The lowest BCUT2D eigenvalue weighted by molar-refractivity contribution is 0.692. The monoisotopic (exact) mass is 254 g/mol. The summed E-state index contributed by atoms with van der Waals surface area (Å²) in [7, 11) is 0. The number of pyridine rings is 1. The van der Waals surface area contributed by atoms with Crippen molar-refractivity contribution in [2.45, 2.75) is 38.8 Å². The minimum absolute atomic E-state index is 0.646. The Hall–Kier alpha value is -0.570. The number of nitrogens with zero attached hydrogens (tertiary/aromatic N) is 2. The summed E-state index contributed by atoms with van der Waals surface area (Å²) in [6, 6.07) is 5.43. The van der Waals surface area contributed by atoms with E-state index in [1.54, 1.807) is 0 Å². The summed E-state index contributed by atoms with van der Waals surface area (Å²) in [5.74, 6) is 0. The number of rotatable bonds is 1. The molecule has 2 nitrogen and oxygen atoms in total. The van der Waals surface area contributed by atoms with Crippen LogP contribution in [0, 0.1) is 0 Å². The van der Waals surface area contributed by atoms with Gasteiger partial charge in [0.05, 0.1) is 11.9 Å². The van der Waals surface area contributed by atoms with Crippen LogP contribution in [0.5, 0.6) is 0 Å². The third-order valence-corrected chi connectivity index (χ3v) is 3.43. The van der Waals surface area contributed by atoms with Crippen LogP contribution in [0.15, 0.2) is 22.9 Å². The molecule has 0 radical (unpaired) electrons. The van der Waals surface area contributed by atoms with E-state index < -0.39 is 0 Å². The summed E-state index contributed by atoms with van der Waals surface area (Å²) in [6.07, 6.45) is 4.52. The quantitative estimate of drug-likeness (QED) is 0.716. The molecular weight excluding hydrogens is 240 g/mol. The van der Waals surface area contributed by atoms with Crippen LogP contribution in [0.1, 0.15) is 26.7 Å². The fraction of sp³-hybridized carbons (Fsp3) is 0.545. The summed E-state index contributed by atoms with van der Waals surface area (Å²) in [5, 5.41) is 0. The number of hydrogen-bond acceptors (Lipinski definition) is 2. The Kier molecular flexibility index (Phi) is 2.77. The zero-order valence-corrected chi connectivity index (χ0v) is 10.2. The molecule has 0 aromatic carbocycles. The first-order valence-corrected chi connectivity index (χ1v) is 5.87. The molecule has 0 saturated carbocycles. The van der Waals surface area contributed by atoms with Gasteiger partial charge in [-0.1, -0.05) is 0 Å². The Bertz CT molecular complexity index is 300. The summed E-state index contributed by atoms with van der Waals surface area (Å²) in [5.41, 5.74) is 1.24. The molecule has 1 fully saturated rings. The Morgan fingerprint density at radius 2 is 1.93 bits per heavy atom. The Morgan fingerprint density at radius 3 is 2.43 bits per heavy atom. The molecule has 76 valence electrons. The van der Waals surface area contributed by atoms with Crippen molar-refractivity contribution in [3.63, 3.8) is 0 Å². The molecule has 14 heavy (non-hydrogen) atoms. The van der Waals surface area contributed by atoms with Crippen LogP contribution >= 0.6 is 15.9 Å². The van der Waals surface area contributed by atoms with Gasteiger partial charge in [-0.05, 0) is 54.8 Å². The molecule has 1 aliphatic heterocycles. The van der Waals surface area contributed by atoms with Crippen molar-refractivity contribution in [3.8, 4) is 0 Å². The maximum atomic E-state index is 4.27. The molecule has 0 N–H and O–H groups in total. The molecule has 2 rings (SSSR count). The molecule has 0 bridgehead atoms. The average molecular weight is 255 g/mol. The van der Waals surface area contributed by atoms with E-state index in [0.29, 0.717) is 12.1 Å². The van der Waals surface area contributed by atoms with Gasteiger partial charge in [0.2, 0.25) is 0 Å². The molecule has 3 heteroatoms. The first-order valence-electron chi connectivity index (χ1n) is 5.08. The average Bonchev–Trinajstić information content (AvgIpc) is 2.49. The highest BCUT2D eigenvalue weighted by atomic mass is 79.9. The molecule has 2 unspecified atom stereocenters. The lowest BCUT2D eigenvalue weighted by Crippen LogP contribution is -2.32. The van der Waals surface area contributed by atoms with E-state index in [4.69, 9.17) is 0 Å². The van der Waals surface area contributed by atoms with Crippen LogP contribution in [-0.2, 0) is 0 Å². The highest BCUT2D eigenvalue weighted by molar-refractivity contribution is 9.10. The van der Waals surface area contributed by atoms with Crippen LogP contribution < -0.4 is 4.90 Å². The van der Waals surface area contributed by atoms with Crippen LogP contribution in [0.25, 0.3) is 0 Å². The van der Waals surface area contributed by atoms with Crippen LogP contribution in [0.2, 0.25) is 0 Å². The molecule has 0 spiro atoms. The lowest BCUT2D eigenvalue weighted by atomic mass is 10.2. The van der Waals surface area contributed by atoms with Gasteiger partial charge in [-0.15, -0.1) is 0 Å². The molecule has 1 aromatic rings. The van der Waals surface area contributed by atoms with Crippen molar-refractivity contribution in [1.82, 2.24) is 4.98 Å². The second kappa shape index (κ2) is 3.89. The van der Waals surface area contributed by atoms with Gasteiger partial charge in [0, 0.05) is 12.1 Å². The first kappa shape index (κ1) is 9.97. The highest BCUT2D eigenvalue weighted by Gasteiger charge is 2.27. The van der Waals surface area contributed by atoms with E-state index in [2.05, 4.69) is 45.7 Å². The highest BCUT2D eigenvalue weighted by Crippen LogP contribution is 2.29. The van der Waals surface area contributed by atoms with Gasteiger partial charge in [0.25, 0.3) is 0 Å². The zero-order valence-electron chi connectivity index (χ0n) is 8.57. The molecule has 1 aliphatic rings. The SMILES string of the molecule is CC1CCC(C)N1c1ccc(Br)nc1.